The van der Waals surface area contributed by atoms with Gasteiger partial charge in [0.2, 0.25) is 0 Å². The number of benzene rings is 1. The van der Waals surface area contributed by atoms with Gasteiger partial charge in [-0.25, -0.2) is 0 Å². The van der Waals surface area contributed by atoms with E-state index in [9.17, 15) is 0 Å². The molecule has 1 saturated heterocycles. The number of rotatable bonds is 3. The number of ether oxygens (including phenoxy) is 2. The molecule has 0 aliphatic carbocycles. The van der Waals surface area contributed by atoms with Crippen molar-refractivity contribution in [3.63, 3.8) is 0 Å². The molecule has 1 N–H and O–H groups in total. The van der Waals surface area contributed by atoms with Gasteiger partial charge in [-0.05, 0) is 12.1 Å². The standard InChI is InChI=1S/C12H18N2O2/c1-15-11-4-3-10(9-12(11)16-2)14-7-5-13-6-8-14/h3-4,9,13H,5-8H2,1-2H3/i1D3,2D3. The van der Waals surface area contributed by atoms with Crippen LogP contribution in [0.25, 0.3) is 0 Å². The molecule has 0 radical (unpaired) electrons. The predicted octanol–water partition coefficient (Wildman–Crippen LogP) is 1.11. The maximum Gasteiger partial charge on any atom is 0.162 e. The maximum atomic E-state index is 7.20. The Morgan fingerprint density at radius 3 is 2.69 bits per heavy atom. The molecule has 2 rings (SSSR count). The van der Waals surface area contributed by atoms with Crippen molar-refractivity contribution < 1.29 is 17.7 Å². The van der Waals surface area contributed by atoms with E-state index in [0.717, 1.165) is 31.9 Å². The molecular weight excluding hydrogens is 204 g/mol. The van der Waals surface area contributed by atoms with E-state index >= 15 is 0 Å². The van der Waals surface area contributed by atoms with Crippen molar-refractivity contribution in [1.29, 1.82) is 0 Å². The van der Waals surface area contributed by atoms with E-state index in [0.29, 0.717) is 0 Å². The summed E-state index contributed by atoms with van der Waals surface area (Å²) in [7, 11) is -5.36. The summed E-state index contributed by atoms with van der Waals surface area (Å²) in [5, 5.41) is 3.22. The van der Waals surface area contributed by atoms with Gasteiger partial charge in [0.15, 0.2) is 11.5 Å². The van der Waals surface area contributed by atoms with Crippen molar-refractivity contribution in [1.82, 2.24) is 5.32 Å². The van der Waals surface area contributed by atoms with Crippen molar-refractivity contribution in [2.24, 2.45) is 0 Å². The lowest BCUT2D eigenvalue weighted by Gasteiger charge is -2.29. The predicted molar refractivity (Wildman–Crippen MR) is 64.6 cm³/mol. The molecule has 0 aromatic heterocycles. The van der Waals surface area contributed by atoms with Gasteiger partial charge in [-0.3, -0.25) is 0 Å². The van der Waals surface area contributed by atoms with Gasteiger partial charge >= 0.3 is 0 Å². The number of piperazine rings is 1. The number of anilines is 1. The molecule has 4 heteroatoms. The van der Waals surface area contributed by atoms with E-state index in [1.165, 1.54) is 12.1 Å². The first-order valence-electron chi connectivity index (χ1n) is 8.12. The first kappa shape index (κ1) is 5.77. The normalized spacial score (nSPS) is 23.1. The third kappa shape index (κ3) is 2.22. The highest BCUT2D eigenvalue weighted by molar-refractivity contribution is 5.56. The van der Waals surface area contributed by atoms with Crippen LogP contribution in [0.4, 0.5) is 5.69 Å². The molecule has 88 valence electrons. The highest BCUT2D eigenvalue weighted by Crippen LogP contribution is 2.31. The highest BCUT2D eigenvalue weighted by atomic mass is 16.5. The molecule has 16 heavy (non-hydrogen) atoms. The lowest BCUT2D eigenvalue weighted by Crippen LogP contribution is -2.43. The van der Waals surface area contributed by atoms with Crippen LogP contribution in [0.15, 0.2) is 18.2 Å². The molecule has 1 aromatic carbocycles. The highest BCUT2D eigenvalue weighted by Gasteiger charge is 2.12. The second kappa shape index (κ2) is 5.07. The zero-order valence-electron chi connectivity index (χ0n) is 14.8. The van der Waals surface area contributed by atoms with Crippen LogP contribution in [0, 0.1) is 0 Å². The number of hydrogen-bond donors (Lipinski definition) is 1. The summed E-state index contributed by atoms with van der Waals surface area (Å²) in [6.07, 6.45) is 0. The van der Waals surface area contributed by atoms with Gasteiger partial charge in [-0.1, -0.05) is 0 Å². The van der Waals surface area contributed by atoms with Crippen molar-refractivity contribution in [3.8, 4) is 11.5 Å². The fourth-order valence-corrected chi connectivity index (χ4v) is 1.78. The Morgan fingerprint density at radius 2 is 1.94 bits per heavy atom. The minimum absolute atomic E-state index is 0.104. The third-order valence-corrected chi connectivity index (χ3v) is 2.63. The summed E-state index contributed by atoms with van der Waals surface area (Å²) in [4.78, 5) is 2.06. The van der Waals surface area contributed by atoms with Crippen molar-refractivity contribution in [3.05, 3.63) is 18.2 Å². The largest absolute Gasteiger partial charge is 0.493 e. The first-order chi connectivity index (χ1) is 10.1. The first-order valence-corrected chi connectivity index (χ1v) is 5.12. The summed E-state index contributed by atoms with van der Waals surface area (Å²) in [6.45, 7) is 3.19. The Morgan fingerprint density at radius 1 is 1.19 bits per heavy atom. The molecule has 0 spiro atoms. The third-order valence-electron chi connectivity index (χ3n) is 2.63. The van der Waals surface area contributed by atoms with Crippen molar-refractivity contribution in [2.45, 2.75) is 0 Å². The minimum atomic E-state index is -2.69. The van der Waals surface area contributed by atoms with Gasteiger partial charge in [0, 0.05) is 37.9 Å². The fraction of sp³-hybridized carbons (Fsp3) is 0.500. The SMILES string of the molecule is [2H]C([2H])([2H])Oc1ccc(N2CCNCC2)cc1OC([2H])([2H])[2H]. The molecule has 1 aromatic rings. The summed E-state index contributed by atoms with van der Waals surface area (Å²) >= 11 is 0. The van der Waals surface area contributed by atoms with E-state index in [1.54, 1.807) is 6.07 Å². The summed E-state index contributed by atoms with van der Waals surface area (Å²) < 4.78 is 52.7. The quantitative estimate of drug-likeness (QED) is 0.840. The smallest absolute Gasteiger partial charge is 0.162 e. The molecule has 0 unspecified atom stereocenters. The molecule has 1 heterocycles. The van der Waals surface area contributed by atoms with Crippen LogP contribution in [0.2, 0.25) is 0 Å². The Labute approximate surface area is 105 Å². The van der Waals surface area contributed by atoms with E-state index in [1.807, 2.05) is 0 Å². The summed E-state index contributed by atoms with van der Waals surface area (Å²) in [5.74, 6) is -0.220. The maximum absolute atomic E-state index is 7.20. The fourth-order valence-electron chi connectivity index (χ4n) is 1.78. The average Bonchev–Trinajstić information content (AvgIpc) is 2.38. The lowest BCUT2D eigenvalue weighted by molar-refractivity contribution is 0.355. The number of nitrogens with zero attached hydrogens (tertiary/aromatic N) is 1. The van der Waals surface area contributed by atoms with E-state index in [2.05, 4.69) is 10.2 Å². The van der Waals surface area contributed by atoms with Crippen LogP contribution in [0.3, 0.4) is 0 Å². The van der Waals surface area contributed by atoms with Gasteiger partial charge in [-0.15, -0.1) is 0 Å². The summed E-state index contributed by atoms with van der Waals surface area (Å²) in [5.41, 5.74) is 0.763. The molecule has 0 atom stereocenters. The van der Waals surface area contributed by atoms with E-state index < -0.39 is 14.1 Å². The molecule has 0 saturated carbocycles. The van der Waals surface area contributed by atoms with Crippen LogP contribution in [-0.4, -0.2) is 40.3 Å². The summed E-state index contributed by atoms with van der Waals surface area (Å²) in [6, 6.07) is 4.61. The molecule has 1 aliphatic heterocycles. The van der Waals surface area contributed by atoms with Crippen LogP contribution in [-0.2, 0) is 0 Å². The van der Waals surface area contributed by atoms with Gasteiger partial charge in [-0.2, -0.15) is 0 Å². The van der Waals surface area contributed by atoms with E-state index in [4.69, 9.17) is 17.7 Å². The van der Waals surface area contributed by atoms with Gasteiger partial charge < -0.3 is 19.7 Å². The van der Waals surface area contributed by atoms with Crippen LogP contribution < -0.4 is 19.7 Å². The number of nitrogens with one attached hydrogen (secondary N) is 1. The number of methoxy groups -OCH3 is 2. The monoisotopic (exact) mass is 228 g/mol. The second-order valence-corrected chi connectivity index (χ2v) is 3.57. The molecule has 1 fully saturated rings. The number of hydrogen-bond acceptors (Lipinski definition) is 4. The molecule has 4 nitrogen and oxygen atoms in total. The minimum Gasteiger partial charge on any atom is -0.493 e. The molecule has 1 aliphatic rings. The van der Waals surface area contributed by atoms with E-state index in [-0.39, 0.29) is 11.5 Å². The van der Waals surface area contributed by atoms with Crippen LogP contribution in [0.5, 0.6) is 11.5 Å². The zero-order valence-corrected chi connectivity index (χ0v) is 8.82. The lowest BCUT2D eigenvalue weighted by atomic mass is 10.2. The van der Waals surface area contributed by atoms with Gasteiger partial charge in [0.05, 0.1) is 22.3 Å². The second-order valence-electron chi connectivity index (χ2n) is 3.57. The molecular formula is C12H18N2O2. The molecule has 0 bridgehead atoms. The van der Waals surface area contributed by atoms with Gasteiger partial charge in [0.25, 0.3) is 0 Å². The Kier molecular flexibility index (Phi) is 1.83. The van der Waals surface area contributed by atoms with Crippen molar-refractivity contribution in [2.75, 3.05) is 45.2 Å². The van der Waals surface area contributed by atoms with Crippen LogP contribution >= 0.6 is 0 Å². The topological polar surface area (TPSA) is 33.7 Å². The average molecular weight is 228 g/mol. The Hall–Kier alpha value is -1.42. The Bertz CT molecular complexity index is 511. The van der Waals surface area contributed by atoms with Crippen LogP contribution in [0.1, 0.15) is 8.22 Å². The molecule has 0 amide bonds. The zero-order chi connectivity index (χ0) is 16.4. The van der Waals surface area contributed by atoms with Crippen molar-refractivity contribution >= 4 is 5.69 Å². The Balaban J connectivity index is 2.29. The van der Waals surface area contributed by atoms with Gasteiger partial charge in [0.1, 0.15) is 0 Å².